The van der Waals surface area contributed by atoms with Crippen molar-refractivity contribution in [1.82, 2.24) is 4.90 Å². The van der Waals surface area contributed by atoms with E-state index in [1.165, 1.54) is 0 Å². The largest absolute Gasteiger partial charge is 0.378 e. The average molecular weight is 390 g/mol. The second-order valence-electron chi connectivity index (χ2n) is 6.38. The molecule has 27 heavy (non-hydrogen) atoms. The van der Waals surface area contributed by atoms with Crippen LogP contribution in [0.4, 0.5) is 0 Å². The Balaban J connectivity index is 1.96. The van der Waals surface area contributed by atoms with E-state index in [2.05, 4.69) is 0 Å². The second kappa shape index (κ2) is 9.33. The molecular weight excluding hydrogens is 366 g/mol. The van der Waals surface area contributed by atoms with Crippen LogP contribution in [0.25, 0.3) is 5.57 Å². The van der Waals surface area contributed by atoms with E-state index in [1.807, 2.05) is 42.5 Å². The maximum absolute atomic E-state index is 12.8. The third-order valence-corrected chi connectivity index (χ3v) is 4.99. The molecule has 1 aliphatic carbocycles. The highest BCUT2D eigenvalue weighted by Crippen LogP contribution is 2.30. The number of halogens is 1. The average Bonchev–Trinajstić information content (AvgIpc) is 2.72. The standard InChI is InChI=1S/C21H24ClNO4/c1-25-19-8-5-16(13-20(19)26-2)18(15-3-6-17(22)7-4-15)14-21(24)23-9-11-27-12-10-23/h3-8,13-14,19-20H,9-12H2,1-2H3/b18-14+. The van der Waals surface area contributed by atoms with Crippen molar-refractivity contribution in [2.45, 2.75) is 12.2 Å². The van der Waals surface area contributed by atoms with Gasteiger partial charge in [0, 0.05) is 38.4 Å². The number of ether oxygens (including phenoxy) is 3. The van der Waals surface area contributed by atoms with Gasteiger partial charge in [-0.2, -0.15) is 0 Å². The lowest BCUT2D eigenvalue weighted by atomic mass is 9.91. The van der Waals surface area contributed by atoms with Crippen molar-refractivity contribution in [2.75, 3.05) is 40.5 Å². The summed E-state index contributed by atoms with van der Waals surface area (Å²) in [6.45, 7) is 2.34. The van der Waals surface area contributed by atoms with Gasteiger partial charge in [-0.1, -0.05) is 35.9 Å². The first-order chi connectivity index (χ1) is 13.1. The van der Waals surface area contributed by atoms with Gasteiger partial charge in [0.05, 0.1) is 13.2 Å². The van der Waals surface area contributed by atoms with E-state index >= 15 is 0 Å². The molecule has 1 amide bonds. The summed E-state index contributed by atoms with van der Waals surface area (Å²) < 4.78 is 16.3. The van der Waals surface area contributed by atoms with Gasteiger partial charge in [0.25, 0.3) is 0 Å². The molecule has 3 rings (SSSR count). The van der Waals surface area contributed by atoms with Gasteiger partial charge in [0.1, 0.15) is 12.2 Å². The summed E-state index contributed by atoms with van der Waals surface area (Å²) in [6.07, 6.45) is 7.22. The first-order valence-electron chi connectivity index (χ1n) is 8.92. The third-order valence-electron chi connectivity index (χ3n) is 4.73. The predicted octanol–water partition coefficient (Wildman–Crippen LogP) is 3.11. The summed E-state index contributed by atoms with van der Waals surface area (Å²) in [5.74, 6) is -0.0274. The van der Waals surface area contributed by atoms with Crippen LogP contribution < -0.4 is 0 Å². The third kappa shape index (κ3) is 4.87. The minimum absolute atomic E-state index is 0.0274. The molecule has 0 aromatic heterocycles. The Kier molecular flexibility index (Phi) is 6.85. The molecule has 1 aliphatic heterocycles. The lowest BCUT2D eigenvalue weighted by Gasteiger charge is -2.27. The Morgan fingerprint density at radius 2 is 1.81 bits per heavy atom. The summed E-state index contributed by atoms with van der Waals surface area (Å²) >= 11 is 6.04. The molecule has 1 fully saturated rings. The van der Waals surface area contributed by atoms with Gasteiger partial charge < -0.3 is 19.1 Å². The number of rotatable bonds is 5. The molecule has 6 heteroatoms. The fourth-order valence-electron chi connectivity index (χ4n) is 3.19. The van der Waals surface area contributed by atoms with Crippen LogP contribution in [0.5, 0.6) is 0 Å². The molecule has 0 saturated carbocycles. The minimum Gasteiger partial charge on any atom is -0.378 e. The Hall–Kier alpha value is -1.92. The van der Waals surface area contributed by atoms with Crippen LogP contribution in [0.15, 0.2) is 54.1 Å². The maximum Gasteiger partial charge on any atom is 0.247 e. The number of benzene rings is 1. The van der Waals surface area contributed by atoms with Crippen molar-refractivity contribution < 1.29 is 19.0 Å². The van der Waals surface area contributed by atoms with Crippen molar-refractivity contribution in [2.24, 2.45) is 0 Å². The molecular formula is C21H24ClNO4. The number of hydrogen-bond acceptors (Lipinski definition) is 4. The van der Waals surface area contributed by atoms with E-state index in [0.29, 0.717) is 31.3 Å². The lowest BCUT2D eigenvalue weighted by molar-refractivity contribution is -0.129. The molecule has 2 aliphatic rings. The Labute approximate surface area is 164 Å². The van der Waals surface area contributed by atoms with Crippen LogP contribution >= 0.6 is 11.6 Å². The van der Waals surface area contributed by atoms with E-state index in [4.69, 9.17) is 25.8 Å². The van der Waals surface area contributed by atoms with Gasteiger partial charge in [-0.15, -0.1) is 0 Å². The monoisotopic (exact) mass is 389 g/mol. The molecule has 0 bridgehead atoms. The molecule has 0 spiro atoms. The molecule has 1 aromatic carbocycles. The summed E-state index contributed by atoms with van der Waals surface area (Å²) in [5, 5.41) is 0.653. The molecule has 5 nitrogen and oxygen atoms in total. The van der Waals surface area contributed by atoms with Gasteiger partial charge in [-0.25, -0.2) is 0 Å². The maximum atomic E-state index is 12.8. The fourth-order valence-corrected chi connectivity index (χ4v) is 3.32. The highest BCUT2D eigenvalue weighted by Gasteiger charge is 2.23. The molecule has 0 N–H and O–H groups in total. The Morgan fingerprint density at radius 3 is 2.44 bits per heavy atom. The number of morpholine rings is 1. The molecule has 2 unspecified atom stereocenters. The Bertz CT molecular complexity index is 748. The fraction of sp³-hybridized carbons (Fsp3) is 0.381. The number of methoxy groups -OCH3 is 2. The quantitative estimate of drug-likeness (QED) is 0.726. The van der Waals surface area contributed by atoms with Crippen molar-refractivity contribution in [1.29, 1.82) is 0 Å². The van der Waals surface area contributed by atoms with Crippen molar-refractivity contribution in [3.05, 3.63) is 64.7 Å². The Morgan fingerprint density at radius 1 is 1.15 bits per heavy atom. The number of nitrogens with zero attached hydrogens (tertiary/aromatic N) is 1. The zero-order valence-electron chi connectivity index (χ0n) is 15.6. The number of amides is 1. The molecule has 144 valence electrons. The number of hydrogen-bond donors (Lipinski definition) is 0. The van der Waals surface area contributed by atoms with Crippen LogP contribution in [0.1, 0.15) is 5.56 Å². The van der Waals surface area contributed by atoms with E-state index in [0.717, 1.165) is 16.7 Å². The number of carbonyl (C=O) groups is 1. The van der Waals surface area contributed by atoms with Crippen molar-refractivity contribution in [3.63, 3.8) is 0 Å². The smallest absolute Gasteiger partial charge is 0.247 e. The lowest BCUT2D eigenvalue weighted by Crippen LogP contribution is -2.40. The van der Waals surface area contributed by atoms with Gasteiger partial charge in [-0.3, -0.25) is 4.79 Å². The van der Waals surface area contributed by atoms with E-state index in [-0.39, 0.29) is 18.1 Å². The van der Waals surface area contributed by atoms with Crippen LogP contribution in [0.3, 0.4) is 0 Å². The molecule has 1 aromatic rings. The summed E-state index contributed by atoms with van der Waals surface area (Å²) in [4.78, 5) is 14.6. The second-order valence-corrected chi connectivity index (χ2v) is 6.82. The van der Waals surface area contributed by atoms with Gasteiger partial charge >= 0.3 is 0 Å². The van der Waals surface area contributed by atoms with Crippen molar-refractivity contribution in [3.8, 4) is 0 Å². The van der Waals surface area contributed by atoms with Crippen LogP contribution in [0.2, 0.25) is 5.02 Å². The highest BCUT2D eigenvalue weighted by atomic mass is 35.5. The summed E-state index contributed by atoms with van der Waals surface area (Å²) in [7, 11) is 3.30. The van der Waals surface area contributed by atoms with E-state index in [9.17, 15) is 4.79 Å². The first-order valence-corrected chi connectivity index (χ1v) is 9.30. The highest BCUT2D eigenvalue weighted by molar-refractivity contribution is 6.30. The zero-order valence-corrected chi connectivity index (χ0v) is 16.3. The van der Waals surface area contributed by atoms with Crippen LogP contribution in [-0.4, -0.2) is 63.5 Å². The number of allylic oxidation sites excluding steroid dienone is 3. The van der Waals surface area contributed by atoms with Crippen molar-refractivity contribution >= 4 is 23.1 Å². The topological polar surface area (TPSA) is 48.0 Å². The van der Waals surface area contributed by atoms with E-state index in [1.54, 1.807) is 25.2 Å². The van der Waals surface area contributed by atoms with Crippen LogP contribution in [0, 0.1) is 0 Å². The molecule has 2 atom stereocenters. The predicted molar refractivity (Wildman–Crippen MR) is 106 cm³/mol. The minimum atomic E-state index is -0.218. The van der Waals surface area contributed by atoms with E-state index < -0.39 is 0 Å². The number of carbonyl (C=O) groups excluding carboxylic acids is 1. The van der Waals surface area contributed by atoms with Gasteiger partial charge in [0.15, 0.2) is 0 Å². The summed E-state index contributed by atoms with van der Waals surface area (Å²) in [5.41, 5.74) is 2.66. The molecule has 1 heterocycles. The normalized spacial score (nSPS) is 23.3. The summed E-state index contributed by atoms with van der Waals surface area (Å²) in [6, 6.07) is 7.48. The molecule has 1 saturated heterocycles. The van der Waals surface area contributed by atoms with Gasteiger partial charge in [-0.05, 0) is 34.9 Å². The first kappa shape index (κ1) is 19.8. The molecule has 0 radical (unpaired) electrons. The zero-order chi connectivity index (χ0) is 19.2. The van der Waals surface area contributed by atoms with Crippen LogP contribution in [-0.2, 0) is 19.0 Å². The SMILES string of the molecule is COC1C=CC(/C(=C/C(=O)N2CCOCC2)c2ccc(Cl)cc2)=CC1OC. The van der Waals surface area contributed by atoms with Gasteiger partial charge in [0.2, 0.25) is 5.91 Å².